The largest absolute Gasteiger partial charge is 0.289 e. The number of nitrogens with zero attached hydrogens (tertiary/aromatic N) is 6. The first-order chi connectivity index (χ1) is 14.6. The van der Waals surface area contributed by atoms with Gasteiger partial charge >= 0.3 is 0 Å². The fraction of sp³-hybridized carbons (Fsp3) is 0.0500. The Labute approximate surface area is 179 Å². The van der Waals surface area contributed by atoms with E-state index >= 15 is 0 Å². The molecule has 1 N–H and O–H groups in total. The molecule has 0 saturated carbocycles. The highest BCUT2D eigenvalue weighted by Gasteiger charge is 2.18. The average molecular weight is 436 g/mol. The van der Waals surface area contributed by atoms with Crippen molar-refractivity contribution in [3.05, 3.63) is 76.5 Å². The zero-order chi connectivity index (χ0) is 20.7. The molecule has 10 heteroatoms. The maximum atomic E-state index is 12.8. The van der Waals surface area contributed by atoms with Gasteiger partial charge in [0.1, 0.15) is 0 Å². The topological polar surface area (TPSA) is 90.0 Å². The molecule has 0 unspecified atom stereocenters. The number of carbonyl (C=O) groups excluding carboxylic acids is 1. The van der Waals surface area contributed by atoms with E-state index in [4.69, 9.17) is 11.6 Å². The fourth-order valence-electron chi connectivity index (χ4n) is 3.06. The van der Waals surface area contributed by atoms with Crippen molar-refractivity contribution in [2.75, 3.05) is 5.32 Å². The van der Waals surface area contributed by atoms with E-state index in [0.29, 0.717) is 27.1 Å². The van der Waals surface area contributed by atoms with Crippen molar-refractivity contribution in [3.8, 4) is 17.1 Å². The van der Waals surface area contributed by atoms with Crippen molar-refractivity contribution < 1.29 is 4.79 Å². The Hall–Kier alpha value is -3.56. The highest BCUT2D eigenvalue weighted by atomic mass is 35.5. The van der Waals surface area contributed by atoms with Gasteiger partial charge in [-0.3, -0.25) is 10.1 Å². The Balaban J connectivity index is 1.42. The minimum atomic E-state index is -0.332. The Bertz CT molecular complexity index is 1360. The van der Waals surface area contributed by atoms with Crippen LogP contribution in [0.25, 0.3) is 22.0 Å². The minimum Gasteiger partial charge on any atom is -0.289 e. The number of pyridine rings is 1. The molecule has 30 heavy (non-hydrogen) atoms. The lowest BCUT2D eigenvalue weighted by Gasteiger charge is -2.04. The number of fused-ring (bicyclic) bond motifs is 1. The average Bonchev–Trinajstić information content (AvgIpc) is 3.43. The number of aromatic nitrogens is 6. The van der Waals surface area contributed by atoms with Crippen LogP contribution in [0.15, 0.2) is 60.2 Å². The van der Waals surface area contributed by atoms with Crippen LogP contribution in [0, 0.1) is 6.92 Å². The molecule has 0 aliphatic carbocycles. The number of anilines is 1. The molecule has 5 rings (SSSR count). The maximum Gasteiger partial charge on any atom is 0.261 e. The highest BCUT2D eigenvalue weighted by molar-refractivity contribution is 7.15. The molecule has 0 radical (unpaired) electrons. The van der Waals surface area contributed by atoms with Crippen LogP contribution < -0.4 is 5.32 Å². The van der Waals surface area contributed by atoms with E-state index in [-0.39, 0.29) is 11.9 Å². The van der Waals surface area contributed by atoms with Gasteiger partial charge in [-0.2, -0.15) is 10.1 Å². The maximum absolute atomic E-state index is 12.8. The number of rotatable bonds is 4. The SMILES string of the molecule is Cc1c(C(=O)Nc2nc3scc(-c4ccc(Cl)cc4)n3n2)cnn1-c1ccccn1. The number of carbonyl (C=O) groups is 1. The van der Waals surface area contributed by atoms with Gasteiger partial charge in [0.15, 0.2) is 5.82 Å². The molecule has 0 fully saturated rings. The van der Waals surface area contributed by atoms with Gasteiger partial charge in [-0.15, -0.1) is 16.4 Å². The summed E-state index contributed by atoms with van der Waals surface area (Å²) in [4.78, 5) is 22.1. The van der Waals surface area contributed by atoms with Crippen molar-refractivity contribution in [2.24, 2.45) is 0 Å². The lowest BCUT2D eigenvalue weighted by molar-refractivity contribution is 0.102. The highest BCUT2D eigenvalue weighted by Crippen LogP contribution is 2.27. The zero-order valence-corrected chi connectivity index (χ0v) is 17.2. The molecule has 148 valence electrons. The van der Waals surface area contributed by atoms with Crippen molar-refractivity contribution in [3.63, 3.8) is 0 Å². The van der Waals surface area contributed by atoms with Crippen molar-refractivity contribution >= 4 is 39.8 Å². The Morgan fingerprint density at radius 1 is 1.17 bits per heavy atom. The zero-order valence-electron chi connectivity index (χ0n) is 15.7. The van der Waals surface area contributed by atoms with Crippen LogP contribution in [0.2, 0.25) is 5.02 Å². The Morgan fingerprint density at radius 3 is 2.77 bits per heavy atom. The number of hydrogen-bond donors (Lipinski definition) is 1. The van der Waals surface area contributed by atoms with E-state index in [0.717, 1.165) is 11.3 Å². The van der Waals surface area contributed by atoms with Crippen LogP contribution in [0.4, 0.5) is 5.95 Å². The van der Waals surface area contributed by atoms with E-state index < -0.39 is 0 Å². The summed E-state index contributed by atoms with van der Waals surface area (Å²) in [6.07, 6.45) is 3.19. The van der Waals surface area contributed by atoms with E-state index in [9.17, 15) is 4.79 Å². The molecule has 0 spiro atoms. The summed E-state index contributed by atoms with van der Waals surface area (Å²) in [5, 5.41) is 14.1. The van der Waals surface area contributed by atoms with Crippen LogP contribution >= 0.6 is 22.9 Å². The van der Waals surface area contributed by atoms with E-state index in [1.165, 1.54) is 17.5 Å². The monoisotopic (exact) mass is 435 g/mol. The summed E-state index contributed by atoms with van der Waals surface area (Å²) in [5.41, 5.74) is 2.94. The van der Waals surface area contributed by atoms with Crippen LogP contribution in [0.3, 0.4) is 0 Å². The summed E-state index contributed by atoms with van der Waals surface area (Å²) < 4.78 is 3.32. The van der Waals surface area contributed by atoms with Gasteiger partial charge < -0.3 is 0 Å². The third-order valence-corrected chi connectivity index (χ3v) is 5.64. The lowest BCUT2D eigenvalue weighted by atomic mass is 10.2. The molecular weight excluding hydrogens is 422 g/mol. The van der Waals surface area contributed by atoms with Gasteiger partial charge in [-0.1, -0.05) is 29.8 Å². The number of benzene rings is 1. The number of nitrogens with one attached hydrogen (secondary N) is 1. The summed E-state index contributed by atoms with van der Waals surface area (Å²) >= 11 is 7.42. The molecule has 8 nitrogen and oxygen atoms in total. The Kier molecular flexibility index (Phi) is 4.53. The van der Waals surface area contributed by atoms with Gasteiger partial charge in [0.2, 0.25) is 4.96 Å². The first-order valence-electron chi connectivity index (χ1n) is 8.98. The number of thiazole rings is 1. The molecule has 4 heterocycles. The van der Waals surface area contributed by atoms with Gasteiger partial charge in [-0.25, -0.2) is 14.2 Å². The van der Waals surface area contributed by atoms with Gasteiger partial charge in [0, 0.05) is 22.2 Å². The molecule has 1 amide bonds. The lowest BCUT2D eigenvalue weighted by Crippen LogP contribution is -2.14. The van der Waals surface area contributed by atoms with E-state index in [1.807, 2.05) is 54.8 Å². The first-order valence-corrected chi connectivity index (χ1v) is 10.2. The molecular formula is C20H14ClN7OS. The summed E-state index contributed by atoms with van der Waals surface area (Å²) in [5.74, 6) is 0.537. The minimum absolute atomic E-state index is 0.229. The van der Waals surface area contributed by atoms with Gasteiger partial charge in [0.25, 0.3) is 11.9 Å². The van der Waals surface area contributed by atoms with Crippen LogP contribution in [0.1, 0.15) is 16.1 Å². The van der Waals surface area contributed by atoms with Crippen LogP contribution in [-0.4, -0.2) is 35.3 Å². The summed E-state index contributed by atoms with van der Waals surface area (Å²) in [6, 6.07) is 13.0. The Morgan fingerprint density at radius 2 is 2.00 bits per heavy atom. The van der Waals surface area contributed by atoms with Gasteiger partial charge in [0.05, 0.1) is 23.1 Å². The number of halogens is 1. The standard InChI is InChI=1S/C20H14ClN7OS/c1-12-15(10-23-27(12)17-4-2-3-9-22-17)18(29)24-19-25-20-28(26-19)16(11-30-20)13-5-7-14(21)8-6-13/h2-11H,1H3,(H,24,26,29). The van der Waals surface area contributed by atoms with Gasteiger partial charge in [-0.05, 0) is 31.2 Å². The molecule has 0 aliphatic rings. The second-order valence-corrected chi connectivity index (χ2v) is 7.73. The third kappa shape index (κ3) is 3.23. The molecule has 0 saturated heterocycles. The summed E-state index contributed by atoms with van der Waals surface area (Å²) in [7, 11) is 0. The number of hydrogen-bond acceptors (Lipinski definition) is 6. The molecule has 1 aromatic carbocycles. The van der Waals surface area contributed by atoms with Crippen molar-refractivity contribution in [1.29, 1.82) is 0 Å². The second kappa shape index (κ2) is 7.36. The second-order valence-electron chi connectivity index (χ2n) is 6.46. The predicted octanol–water partition coefficient (Wildman–Crippen LogP) is 4.25. The first kappa shape index (κ1) is 18.5. The summed E-state index contributed by atoms with van der Waals surface area (Å²) in [6.45, 7) is 1.81. The van der Waals surface area contributed by atoms with Crippen LogP contribution in [0.5, 0.6) is 0 Å². The fourth-order valence-corrected chi connectivity index (χ4v) is 4.02. The quantitative estimate of drug-likeness (QED) is 0.455. The van der Waals surface area contributed by atoms with Crippen LogP contribution in [-0.2, 0) is 0 Å². The number of amides is 1. The molecule has 4 aromatic heterocycles. The predicted molar refractivity (Wildman–Crippen MR) is 115 cm³/mol. The molecule has 0 atom stereocenters. The van der Waals surface area contributed by atoms with E-state index in [2.05, 4.69) is 25.5 Å². The third-order valence-electron chi connectivity index (χ3n) is 4.57. The van der Waals surface area contributed by atoms with E-state index in [1.54, 1.807) is 15.4 Å². The molecule has 0 aliphatic heterocycles. The van der Waals surface area contributed by atoms with Crippen molar-refractivity contribution in [2.45, 2.75) is 6.92 Å². The molecule has 5 aromatic rings. The molecule has 0 bridgehead atoms. The van der Waals surface area contributed by atoms with Crippen molar-refractivity contribution in [1.82, 2.24) is 29.4 Å². The normalized spacial score (nSPS) is 11.1. The smallest absolute Gasteiger partial charge is 0.261 e.